The van der Waals surface area contributed by atoms with E-state index in [0.717, 1.165) is 35.4 Å². The Kier molecular flexibility index (Phi) is 6.67. The van der Waals surface area contributed by atoms with E-state index in [1.165, 1.54) is 0 Å². The molecule has 0 fully saturated rings. The molecule has 0 heterocycles. The number of amides is 1. The third kappa shape index (κ3) is 5.01. The monoisotopic (exact) mass is 327 g/mol. The van der Waals surface area contributed by atoms with E-state index in [9.17, 15) is 4.79 Å². The van der Waals surface area contributed by atoms with Gasteiger partial charge in [-0.3, -0.25) is 4.79 Å². The van der Waals surface area contributed by atoms with Crippen LogP contribution in [0.15, 0.2) is 42.5 Å². The minimum Gasteiger partial charge on any atom is -0.494 e. The minimum atomic E-state index is -0.162. The number of aryl methyl sites for hydroxylation is 2. The summed E-state index contributed by atoms with van der Waals surface area (Å²) in [4.78, 5) is 12.2. The maximum Gasteiger partial charge on any atom is 0.262 e. The summed E-state index contributed by atoms with van der Waals surface area (Å²) in [6, 6.07) is 13.3. The summed E-state index contributed by atoms with van der Waals surface area (Å²) in [5.41, 5.74) is 3.07. The zero-order valence-electron chi connectivity index (χ0n) is 14.6. The highest BCUT2D eigenvalue weighted by Gasteiger charge is 2.09. The zero-order valence-corrected chi connectivity index (χ0v) is 14.6. The summed E-state index contributed by atoms with van der Waals surface area (Å²) in [6.45, 7) is 6.80. The van der Waals surface area contributed by atoms with Gasteiger partial charge in [-0.05, 0) is 55.2 Å². The molecule has 2 rings (SSSR count). The lowest BCUT2D eigenvalue weighted by Crippen LogP contribution is -2.21. The molecule has 0 atom stereocenters. The van der Waals surface area contributed by atoms with Crippen LogP contribution >= 0.6 is 0 Å². The molecule has 1 amide bonds. The van der Waals surface area contributed by atoms with Crippen LogP contribution < -0.4 is 14.8 Å². The van der Waals surface area contributed by atoms with Crippen molar-refractivity contribution in [1.29, 1.82) is 0 Å². The largest absolute Gasteiger partial charge is 0.494 e. The molecule has 0 aliphatic carbocycles. The molecule has 4 heteroatoms. The topological polar surface area (TPSA) is 47.6 Å². The molecule has 0 spiro atoms. The van der Waals surface area contributed by atoms with Crippen molar-refractivity contribution in [3.05, 3.63) is 53.6 Å². The summed E-state index contributed by atoms with van der Waals surface area (Å²) in [5.74, 6) is 1.29. The number of hydrogen-bond donors (Lipinski definition) is 1. The third-order valence-corrected chi connectivity index (χ3v) is 3.67. The zero-order chi connectivity index (χ0) is 17.4. The van der Waals surface area contributed by atoms with Gasteiger partial charge < -0.3 is 14.8 Å². The Morgan fingerprint density at radius 2 is 1.67 bits per heavy atom. The number of rotatable bonds is 8. The number of benzene rings is 2. The SMILES string of the molecule is CCCOc1ccc(OCC(=O)Nc2c(C)cccc2CC)cc1. The van der Waals surface area contributed by atoms with Crippen molar-refractivity contribution in [3.63, 3.8) is 0 Å². The van der Waals surface area contributed by atoms with Gasteiger partial charge >= 0.3 is 0 Å². The fourth-order valence-corrected chi connectivity index (χ4v) is 2.38. The molecule has 0 bridgehead atoms. The van der Waals surface area contributed by atoms with E-state index < -0.39 is 0 Å². The second-order valence-electron chi connectivity index (χ2n) is 5.62. The smallest absolute Gasteiger partial charge is 0.262 e. The summed E-state index contributed by atoms with van der Waals surface area (Å²) < 4.78 is 11.1. The normalized spacial score (nSPS) is 10.3. The molecular weight excluding hydrogens is 302 g/mol. The van der Waals surface area contributed by atoms with Gasteiger partial charge in [0.15, 0.2) is 6.61 Å². The van der Waals surface area contributed by atoms with Gasteiger partial charge in [-0.1, -0.05) is 32.0 Å². The van der Waals surface area contributed by atoms with Crippen molar-refractivity contribution in [2.45, 2.75) is 33.6 Å². The summed E-state index contributed by atoms with van der Waals surface area (Å²) in [7, 11) is 0. The Morgan fingerprint density at radius 3 is 2.29 bits per heavy atom. The minimum absolute atomic E-state index is 0.0212. The van der Waals surface area contributed by atoms with Crippen molar-refractivity contribution in [2.24, 2.45) is 0 Å². The fraction of sp³-hybridized carbons (Fsp3) is 0.350. The lowest BCUT2D eigenvalue weighted by molar-refractivity contribution is -0.118. The second-order valence-corrected chi connectivity index (χ2v) is 5.62. The molecular formula is C20H25NO3. The molecule has 0 unspecified atom stereocenters. The van der Waals surface area contributed by atoms with Crippen LogP contribution in [0.5, 0.6) is 11.5 Å². The van der Waals surface area contributed by atoms with E-state index >= 15 is 0 Å². The Bertz CT molecular complexity index is 665. The van der Waals surface area contributed by atoms with Crippen LogP contribution in [-0.2, 0) is 11.2 Å². The number of anilines is 1. The van der Waals surface area contributed by atoms with Gasteiger partial charge in [-0.2, -0.15) is 0 Å². The van der Waals surface area contributed by atoms with Crippen LogP contribution in [0.1, 0.15) is 31.4 Å². The number of carbonyl (C=O) groups excluding carboxylic acids is 1. The lowest BCUT2D eigenvalue weighted by atomic mass is 10.1. The molecule has 4 nitrogen and oxygen atoms in total. The molecule has 1 N–H and O–H groups in total. The van der Waals surface area contributed by atoms with Crippen LogP contribution in [0, 0.1) is 6.92 Å². The highest BCUT2D eigenvalue weighted by molar-refractivity contribution is 5.93. The molecule has 0 radical (unpaired) electrons. The first kappa shape index (κ1) is 17.9. The Hall–Kier alpha value is -2.49. The lowest BCUT2D eigenvalue weighted by Gasteiger charge is -2.13. The standard InChI is InChI=1S/C20H25NO3/c1-4-13-23-17-9-11-18(12-10-17)24-14-19(22)21-20-15(3)7-6-8-16(20)5-2/h6-12H,4-5,13-14H2,1-3H3,(H,21,22). The van der Waals surface area contributed by atoms with Crippen molar-refractivity contribution < 1.29 is 14.3 Å². The molecule has 2 aromatic carbocycles. The number of hydrogen-bond acceptors (Lipinski definition) is 3. The summed E-state index contributed by atoms with van der Waals surface area (Å²) >= 11 is 0. The first-order valence-corrected chi connectivity index (χ1v) is 8.38. The van der Waals surface area contributed by atoms with Crippen LogP contribution in [-0.4, -0.2) is 19.1 Å². The molecule has 0 saturated heterocycles. The number of para-hydroxylation sites is 1. The first-order chi connectivity index (χ1) is 11.6. The maximum absolute atomic E-state index is 12.2. The molecule has 0 aliphatic rings. The molecule has 24 heavy (non-hydrogen) atoms. The molecule has 0 aliphatic heterocycles. The van der Waals surface area contributed by atoms with Gasteiger partial charge in [0.05, 0.1) is 6.61 Å². The highest BCUT2D eigenvalue weighted by atomic mass is 16.5. The van der Waals surface area contributed by atoms with E-state index in [2.05, 4.69) is 19.2 Å². The second kappa shape index (κ2) is 8.96. The Labute approximate surface area is 143 Å². The van der Waals surface area contributed by atoms with Gasteiger partial charge in [-0.25, -0.2) is 0 Å². The van der Waals surface area contributed by atoms with E-state index in [4.69, 9.17) is 9.47 Å². The molecule has 0 saturated carbocycles. The third-order valence-electron chi connectivity index (χ3n) is 3.67. The molecule has 128 valence electrons. The van der Waals surface area contributed by atoms with Crippen LogP contribution in [0.4, 0.5) is 5.69 Å². The van der Waals surface area contributed by atoms with Crippen LogP contribution in [0.25, 0.3) is 0 Å². The van der Waals surface area contributed by atoms with E-state index in [-0.39, 0.29) is 12.5 Å². The molecule has 2 aromatic rings. The van der Waals surface area contributed by atoms with Crippen LogP contribution in [0.3, 0.4) is 0 Å². The van der Waals surface area contributed by atoms with Crippen molar-refractivity contribution in [2.75, 3.05) is 18.5 Å². The van der Waals surface area contributed by atoms with Gasteiger partial charge in [0, 0.05) is 5.69 Å². The predicted octanol–water partition coefficient (Wildman–Crippen LogP) is 4.36. The Balaban J connectivity index is 1.89. The van der Waals surface area contributed by atoms with Crippen molar-refractivity contribution in [1.82, 2.24) is 0 Å². The van der Waals surface area contributed by atoms with E-state index in [1.54, 1.807) is 0 Å². The van der Waals surface area contributed by atoms with Gasteiger partial charge in [0.1, 0.15) is 11.5 Å². The van der Waals surface area contributed by atoms with Gasteiger partial charge in [0.2, 0.25) is 0 Å². The van der Waals surface area contributed by atoms with Gasteiger partial charge in [-0.15, -0.1) is 0 Å². The summed E-state index contributed by atoms with van der Waals surface area (Å²) in [5, 5.41) is 2.95. The summed E-state index contributed by atoms with van der Waals surface area (Å²) in [6.07, 6.45) is 1.84. The predicted molar refractivity (Wildman–Crippen MR) is 96.9 cm³/mol. The maximum atomic E-state index is 12.2. The van der Waals surface area contributed by atoms with Gasteiger partial charge in [0.25, 0.3) is 5.91 Å². The van der Waals surface area contributed by atoms with Crippen molar-refractivity contribution in [3.8, 4) is 11.5 Å². The Morgan fingerprint density at radius 1 is 1.00 bits per heavy atom. The van der Waals surface area contributed by atoms with E-state index in [0.29, 0.717) is 12.4 Å². The average molecular weight is 327 g/mol. The quantitative estimate of drug-likeness (QED) is 0.783. The fourth-order valence-electron chi connectivity index (χ4n) is 2.38. The number of carbonyl (C=O) groups is 1. The average Bonchev–Trinajstić information content (AvgIpc) is 2.60. The van der Waals surface area contributed by atoms with Crippen LogP contribution in [0.2, 0.25) is 0 Å². The van der Waals surface area contributed by atoms with E-state index in [1.807, 2.05) is 49.4 Å². The highest BCUT2D eigenvalue weighted by Crippen LogP contribution is 2.21. The first-order valence-electron chi connectivity index (χ1n) is 8.38. The number of nitrogens with one attached hydrogen (secondary N) is 1. The molecule has 0 aromatic heterocycles. The number of ether oxygens (including phenoxy) is 2. The van der Waals surface area contributed by atoms with Crippen molar-refractivity contribution >= 4 is 11.6 Å².